The first-order valence-electron chi connectivity index (χ1n) is 7.62. The van der Waals surface area contributed by atoms with Gasteiger partial charge in [-0.25, -0.2) is 9.67 Å². The Labute approximate surface area is 139 Å². The van der Waals surface area contributed by atoms with Crippen LogP contribution in [0, 0.1) is 6.92 Å². The van der Waals surface area contributed by atoms with Gasteiger partial charge in [0.05, 0.1) is 24.1 Å². The third-order valence-corrected chi connectivity index (χ3v) is 3.85. The number of amides is 1. The van der Waals surface area contributed by atoms with Crippen LogP contribution in [0.4, 0.5) is 0 Å². The first kappa shape index (κ1) is 15.9. The van der Waals surface area contributed by atoms with Crippen molar-refractivity contribution in [2.75, 3.05) is 0 Å². The van der Waals surface area contributed by atoms with Gasteiger partial charge in [0.1, 0.15) is 0 Å². The summed E-state index contributed by atoms with van der Waals surface area (Å²) in [5, 5.41) is 16.5. The van der Waals surface area contributed by atoms with Crippen LogP contribution in [-0.4, -0.2) is 25.8 Å². The fraction of sp³-hybridized carbons (Fsp3) is 0.167. The Balaban J connectivity index is 1.76. The normalized spacial score (nSPS) is 10.6. The molecule has 2 heterocycles. The molecule has 3 rings (SSSR count). The number of hydrogen-bond acceptors (Lipinski definition) is 4. The van der Waals surface area contributed by atoms with E-state index >= 15 is 0 Å². The van der Waals surface area contributed by atoms with E-state index in [4.69, 9.17) is 0 Å². The average Bonchev–Trinajstić information content (AvgIpc) is 3.02. The average molecular weight is 322 g/mol. The van der Waals surface area contributed by atoms with Crippen molar-refractivity contribution in [1.29, 1.82) is 0 Å². The Hall–Kier alpha value is -2.99. The highest BCUT2D eigenvalue weighted by atomic mass is 16.3. The predicted molar refractivity (Wildman–Crippen MR) is 89.6 cm³/mol. The Kier molecular flexibility index (Phi) is 4.67. The molecule has 122 valence electrons. The van der Waals surface area contributed by atoms with Crippen LogP contribution in [0.5, 0.6) is 0 Å². The Bertz CT molecular complexity index is 843. The van der Waals surface area contributed by atoms with Gasteiger partial charge in [0, 0.05) is 12.7 Å². The maximum absolute atomic E-state index is 12.4. The molecule has 1 aromatic carbocycles. The lowest BCUT2D eigenvalue weighted by molar-refractivity contribution is 0.0950. The van der Waals surface area contributed by atoms with E-state index in [2.05, 4.69) is 15.4 Å². The van der Waals surface area contributed by atoms with Crippen LogP contribution in [0.1, 0.15) is 27.2 Å². The van der Waals surface area contributed by atoms with Crippen LogP contribution in [0.25, 0.3) is 5.82 Å². The van der Waals surface area contributed by atoms with Crippen LogP contribution >= 0.6 is 0 Å². The number of pyridine rings is 1. The van der Waals surface area contributed by atoms with Gasteiger partial charge in [-0.05, 0) is 30.2 Å². The van der Waals surface area contributed by atoms with Crippen molar-refractivity contribution in [1.82, 2.24) is 20.1 Å². The summed E-state index contributed by atoms with van der Waals surface area (Å²) in [5.41, 5.74) is 2.92. The molecule has 0 saturated carbocycles. The van der Waals surface area contributed by atoms with Crippen molar-refractivity contribution in [3.63, 3.8) is 0 Å². The number of aliphatic hydroxyl groups is 1. The van der Waals surface area contributed by atoms with Gasteiger partial charge in [0.25, 0.3) is 5.91 Å². The van der Waals surface area contributed by atoms with Gasteiger partial charge in [-0.15, -0.1) is 0 Å². The molecule has 0 aliphatic heterocycles. The molecule has 3 aromatic rings. The van der Waals surface area contributed by atoms with E-state index in [-0.39, 0.29) is 12.5 Å². The molecule has 0 unspecified atom stereocenters. The first-order chi connectivity index (χ1) is 11.7. The summed E-state index contributed by atoms with van der Waals surface area (Å²) in [6, 6.07) is 13.0. The van der Waals surface area contributed by atoms with Crippen molar-refractivity contribution in [3.8, 4) is 5.82 Å². The molecule has 0 aliphatic carbocycles. The summed E-state index contributed by atoms with van der Waals surface area (Å²) in [6.07, 6.45) is 3.22. The number of benzene rings is 1. The summed E-state index contributed by atoms with van der Waals surface area (Å²) in [5.74, 6) is 0.460. The predicted octanol–water partition coefficient (Wildman–Crippen LogP) is 2.00. The summed E-state index contributed by atoms with van der Waals surface area (Å²) in [6.45, 7) is 2.13. The molecule has 2 aromatic heterocycles. The molecular formula is C18H18N4O2. The maximum Gasteiger partial charge on any atom is 0.255 e. The summed E-state index contributed by atoms with van der Waals surface area (Å²) in [7, 11) is 0. The van der Waals surface area contributed by atoms with E-state index in [1.54, 1.807) is 10.9 Å². The summed E-state index contributed by atoms with van der Waals surface area (Å²) in [4.78, 5) is 16.7. The quantitative estimate of drug-likeness (QED) is 0.753. The highest BCUT2D eigenvalue weighted by Gasteiger charge is 2.15. The van der Waals surface area contributed by atoms with Crippen molar-refractivity contribution in [2.24, 2.45) is 0 Å². The number of hydrogen-bond donors (Lipinski definition) is 2. The van der Waals surface area contributed by atoms with Crippen molar-refractivity contribution >= 4 is 5.91 Å². The lowest BCUT2D eigenvalue weighted by atomic mass is 10.1. The van der Waals surface area contributed by atoms with E-state index in [1.165, 1.54) is 6.20 Å². The molecule has 24 heavy (non-hydrogen) atoms. The fourth-order valence-electron chi connectivity index (χ4n) is 2.50. The van der Waals surface area contributed by atoms with Gasteiger partial charge in [-0.2, -0.15) is 5.10 Å². The molecule has 0 spiro atoms. The van der Waals surface area contributed by atoms with E-state index in [1.807, 2.05) is 49.4 Å². The number of carbonyl (C=O) groups is 1. The SMILES string of the molecule is Cc1c(C(=O)NCc2ccccc2CO)cnn1-c1ccccn1. The molecule has 0 atom stereocenters. The molecule has 6 nitrogen and oxygen atoms in total. The maximum atomic E-state index is 12.4. The second-order valence-electron chi connectivity index (χ2n) is 5.35. The highest BCUT2D eigenvalue weighted by Crippen LogP contribution is 2.13. The molecule has 0 aliphatic rings. The minimum absolute atomic E-state index is 0.0529. The van der Waals surface area contributed by atoms with Crippen molar-refractivity contribution < 1.29 is 9.90 Å². The lowest BCUT2D eigenvalue weighted by Gasteiger charge is -2.09. The highest BCUT2D eigenvalue weighted by molar-refractivity contribution is 5.95. The smallest absolute Gasteiger partial charge is 0.255 e. The van der Waals surface area contributed by atoms with E-state index < -0.39 is 0 Å². The molecule has 0 saturated heterocycles. The van der Waals surface area contributed by atoms with Gasteiger partial charge in [0.15, 0.2) is 5.82 Å². The number of aliphatic hydroxyl groups excluding tert-OH is 1. The van der Waals surface area contributed by atoms with Crippen LogP contribution in [-0.2, 0) is 13.2 Å². The van der Waals surface area contributed by atoms with Gasteiger partial charge in [0.2, 0.25) is 0 Å². The standard InChI is InChI=1S/C18H18N4O2/c1-13-16(11-21-22(13)17-8-4-5-9-19-17)18(24)20-10-14-6-2-3-7-15(14)12-23/h2-9,11,23H,10,12H2,1H3,(H,20,24). The zero-order valence-corrected chi connectivity index (χ0v) is 13.3. The molecule has 0 bridgehead atoms. The zero-order valence-electron chi connectivity index (χ0n) is 13.3. The zero-order chi connectivity index (χ0) is 16.9. The van der Waals surface area contributed by atoms with Crippen LogP contribution < -0.4 is 5.32 Å². The Morgan fingerprint density at radius 2 is 1.92 bits per heavy atom. The van der Waals surface area contributed by atoms with Crippen LogP contribution in [0.15, 0.2) is 54.9 Å². The molecule has 2 N–H and O–H groups in total. The van der Waals surface area contributed by atoms with Crippen LogP contribution in [0.2, 0.25) is 0 Å². The fourth-order valence-corrected chi connectivity index (χ4v) is 2.50. The Morgan fingerprint density at radius 3 is 2.62 bits per heavy atom. The lowest BCUT2D eigenvalue weighted by Crippen LogP contribution is -2.24. The summed E-state index contributed by atoms with van der Waals surface area (Å²) < 4.78 is 1.64. The topological polar surface area (TPSA) is 80.0 Å². The minimum atomic E-state index is -0.206. The third-order valence-electron chi connectivity index (χ3n) is 3.85. The second-order valence-corrected chi connectivity index (χ2v) is 5.35. The van der Waals surface area contributed by atoms with Crippen LogP contribution in [0.3, 0.4) is 0 Å². The van der Waals surface area contributed by atoms with Gasteiger partial charge in [-0.3, -0.25) is 4.79 Å². The first-order valence-corrected chi connectivity index (χ1v) is 7.62. The molecule has 0 fully saturated rings. The second kappa shape index (κ2) is 7.06. The molecule has 0 radical (unpaired) electrons. The Morgan fingerprint density at radius 1 is 1.17 bits per heavy atom. The number of nitrogens with one attached hydrogen (secondary N) is 1. The van der Waals surface area contributed by atoms with Crippen molar-refractivity contribution in [2.45, 2.75) is 20.1 Å². The summed E-state index contributed by atoms with van der Waals surface area (Å²) >= 11 is 0. The monoisotopic (exact) mass is 322 g/mol. The van der Waals surface area contributed by atoms with E-state index in [0.717, 1.165) is 16.8 Å². The molecular weight excluding hydrogens is 304 g/mol. The molecule has 1 amide bonds. The number of aromatic nitrogens is 3. The third kappa shape index (κ3) is 3.18. The van der Waals surface area contributed by atoms with Gasteiger partial charge in [-0.1, -0.05) is 30.3 Å². The van der Waals surface area contributed by atoms with Crippen molar-refractivity contribution in [3.05, 3.63) is 77.2 Å². The van der Waals surface area contributed by atoms with Gasteiger partial charge < -0.3 is 10.4 Å². The van der Waals surface area contributed by atoms with E-state index in [0.29, 0.717) is 17.9 Å². The molecule has 6 heteroatoms. The minimum Gasteiger partial charge on any atom is -0.392 e. The number of carbonyl (C=O) groups excluding carboxylic acids is 1. The van der Waals surface area contributed by atoms with E-state index in [9.17, 15) is 9.90 Å². The largest absolute Gasteiger partial charge is 0.392 e. The van der Waals surface area contributed by atoms with Gasteiger partial charge >= 0.3 is 0 Å². The number of nitrogens with zero attached hydrogens (tertiary/aromatic N) is 3. The number of rotatable bonds is 5.